The van der Waals surface area contributed by atoms with Crippen molar-refractivity contribution in [3.05, 3.63) is 29.8 Å². The normalized spacial score (nSPS) is 25.0. The van der Waals surface area contributed by atoms with E-state index >= 15 is 0 Å². The molecule has 0 spiro atoms. The maximum Gasteiger partial charge on any atom is 0.237 e. The zero-order valence-corrected chi connectivity index (χ0v) is 14.0. The molecule has 0 unspecified atom stereocenters. The Hall–Kier alpha value is -1.63. The fourth-order valence-electron chi connectivity index (χ4n) is 3.53. The molecule has 1 amide bonds. The summed E-state index contributed by atoms with van der Waals surface area (Å²) in [6.45, 7) is 0.668. The van der Waals surface area contributed by atoms with Gasteiger partial charge in [-0.15, -0.1) is 0 Å². The molecule has 1 saturated carbocycles. The standard InChI is InChI=1S/C18H28N4O2/c19-17(20)12-5-4-8-14(9-12)24-15-10-16(21-11-15)18(23)22-13-6-2-1-3-7-13/h4-5,8-9,13,15-17,21H,1-3,6-7,10-11,19-20H2,(H,22,23)/t15-,16+/m1/s1. The van der Waals surface area contributed by atoms with E-state index in [2.05, 4.69) is 10.6 Å². The van der Waals surface area contributed by atoms with E-state index < -0.39 is 6.17 Å². The van der Waals surface area contributed by atoms with E-state index in [-0.39, 0.29) is 18.1 Å². The van der Waals surface area contributed by atoms with Crippen molar-refractivity contribution in [3.8, 4) is 5.75 Å². The Morgan fingerprint density at radius 3 is 2.79 bits per heavy atom. The van der Waals surface area contributed by atoms with Crippen LogP contribution >= 0.6 is 0 Å². The summed E-state index contributed by atoms with van der Waals surface area (Å²) in [5.41, 5.74) is 12.2. The number of nitrogens with one attached hydrogen (secondary N) is 2. The molecule has 0 radical (unpaired) electrons. The zero-order valence-electron chi connectivity index (χ0n) is 14.0. The molecule has 6 heteroatoms. The average Bonchev–Trinajstić information content (AvgIpc) is 3.04. The molecule has 0 bridgehead atoms. The first kappa shape index (κ1) is 17.2. The molecule has 1 aliphatic carbocycles. The highest BCUT2D eigenvalue weighted by atomic mass is 16.5. The molecule has 2 fully saturated rings. The van der Waals surface area contributed by atoms with Crippen molar-refractivity contribution in [2.75, 3.05) is 6.54 Å². The molecule has 0 aromatic heterocycles. The summed E-state index contributed by atoms with van der Waals surface area (Å²) in [5, 5.41) is 6.45. The van der Waals surface area contributed by atoms with Crippen LogP contribution in [0, 0.1) is 0 Å². The monoisotopic (exact) mass is 332 g/mol. The summed E-state index contributed by atoms with van der Waals surface area (Å²) in [7, 11) is 0. The Balaban J connectivity index is 1.49. The van der Waals surface area contributed by atoms with Gasteiger partial charge < -0.3 is 26.8 Å². The summed E-state index contributed by atoms with van der Waals surface area (Å²) < 4.78 is 5.98. The zero-order chi connectivity index (χ0) is 16.9. The molecule has 1 heterocycles. The van der Waals surface area contributed by atoms with Crippen LogP contribution in [0.1, 0.15) is 50.3 Å². The van der Waals surface area contributed by atoms with E-state index in [1.165, 1.54) is 19.3 Å². The Kier molecular flexibility index (Phi) is 5.71. The average molecular weight is 332 g/mol. The molecule has 3 rings (SSSR count). The van der Waals surface area contributed by atoms with Gasteiger partial charge in [0.05, 0.1) is 12.2 Å². The van der Waals surface area contributed by atoms with Gasteiger partial charge in [0.15, 0.2) is 0 Å². The predicted molar refractivity (Wildman–Crippen MR) is 93.4 cm³/mol. The molecule has 24 heavy (non-hydrogen) atoms. The Morgan fingerprint density at radius 1 is 1.25 bits per heavy atom. The van der Waals surface area contributed by atoms with Crippen LogP contribution in [0.5, 0.6) is 5.75 Å². The number of ether oxygens (including phenoxy) is 1. The highest BCUT2D eigenvalue weighted by Gasteiger charge is 2.31. The second-order valence-corrected chi connectivity index (χ2v) is 6.88. The number of amides is 1. The molecule has 1 aromatic rings. The molecule has 2 aliphatic rings. The maximum atomic E-state index is 12.4. The van der Waals surface area contributed by atoms with Gasteiger partial charge in [-0.3, -0.25) is 4.79 Å². The van der Waals surface area contributed by atoms with Crippen molar-refractivity contribution in [2.45, 2.75) is 62.9 Å². The molecule has 2 atom stereocenters. The first-order chi connectivity index (χ1) is 11.6. The van der Waals surface area contributed by atoms with Gasteiger partial charge in [0.25, 0.3) is 0 Å². The number of carbonyl (C=O) groups is 1. The molecule has 1 aliphatic heterocycles. The van der Waals surface area contributed by atoms with Crippen molar-refractivity contribution < 1.29 is 9.53 Å². The number of benzene rings is 1. The highest BCUT2D eigenvalue weighted by Crippen LogP contribution is 2.21. The number of hydrogen-bond donors (Lipinski definition) is 4. The van der Waals surface area contributed by atoms with Crippen molar-refractivity contribution in [3.63, 3.8) is 0 Å². The third kappa shape index (κ3) is 4.47. The Labute approximate surface area is 143 Å². The largest absolute Gasteiger partial charge is 0.489 e. The summed E-state index contributed by atoms with van der Waals surface area (Å²) >= 11 is 0. The van der Waals surface area contributed by atoms with Gasteiger partial charge in [-0.25, -0.2) is 0 Å². The van der Waals surface area contributed by atoms with E-state index in [9.17, 15) is 4.79 Å². The number of rotatable bonds is 5. The fourth-order valence-corrected chi connectivity index (χ4v) is 3.53. The van der Waals surface area contributed by atoms with E-state index in [4.69, 9.17) is 16.2 Å². The van der Waals surface area contributed by atoms with E-state index in [1.807, 2.05) is 24.3 Å². The van der Waals surface area contributed by atoms with Crippen LogP contribution in [0.25, 0.3) is 0 Å². The summed E-state index contributed by atoms with van der Waals surface area (Å²) in [5.74, 6) is 0.847. The SMILES string of the molecule is NC(N)c1cccc(O[C@H]2CN[C@H](C(=O)NC3CCCCC3)C2)c1. The highest BCUT2D eigenvalue weighted by molar-refractivity contribution is 5.82. The maximum absolute atomic E-state index is 12.4. The van der Waals surface area contributed by atoms with Gasteiger partial charge in [-0.2, -0.15) is 0 Å². The van der Waals surface area contributed by atoms with Gasteiger partial charge in [-0.05, 0) is 30.5 Å². The molecular weight excluding hydrogens is 304 g/mol. The van der Waals surface area contributed by atoms with Crippen molar-refractivity contribution in [2.24, 2.45) is 11.5 Å². The van der Waals surface area contributed by atoms with Crippen molar-refractivity contribution in [1.29, 1.82) is 0 Å². The van der Waals surface area contributed by atoms with Crippen LogP contribution in [-0.2, 0) is 4.79 Å². The van der Waals surface area contributed by atoms with Crippen LogP contribution in [0.4, 0.5) is 0 Å². The van der Waals surface area contributed by atoms with Crippen LogP contribution in [0.2, 0.25) is 0 Å². The molecule has 132 valence electrons. The smallest absolute Gasteiger partial charge is 0.237 e. The Morgan fingerprint density at radius 2 is 2.04 bits per heavy atom. The van der Waals surface area contributed by atoms with Crippen molar-refractivity contribution in [1.82, 2.24) is 10.6 Å². The molecule has 1 aromatic carbocycles. The molecular formula is C18H28N4O2. The second-order valence-electron chi connectivity index (χ2n) is 6.88. The Bertz CT molecular complexity index is 558. The van der Waals surface area contributed by atoms with Gasteiger partial charge in [0, 0.05) is 19.0 Å². The van der Waals surface area contributed by atoms with Crippen LogP contribution in [0.15, 0.2) is 24.3 Å². The number of nitrogens with two attached hydrogens (primary N) is 2. The van der Waals surface area contributed by atoms with Crippen LogP contribution < -0.4 is 26.8 Å². The third-order valence-electron chi connectivity index (χ3n) is 4.90. The topological polar surface area (TPSA) is 102 Å². The predicted octanol–water partition coefficient (Wildman–Crippen LogP) is 1.16. The quantitative estimate of drug-likeness (QED) is 0.606. The molecule has 6 nitrogen and oxygen atoms in total. The van der Waals surface area contributed by atoms with E-state index in [0.717, 1.165) is 24.2 Å². The van der Waals surface area contributed by atoms with Gasteiger partial charge >= 0.3 is 0 Å². The van der Waals surface area contributed by atoms with Gasteiger partial charge in [0.2, 0.25) is 5.91 Å². The number of carbonyl (C=O) groups excluding carboxylic acids is 1. The minimum atomic E-state index is -0.510. The van der Waals surface area contributed by atoms with Crippen LogP contribution in [-0.4, -0.2) is 30.6 Å². The van der Waals surface area contributed by atoms with Gasteiger partial charge in [0.1, 0.15) is 11.9 Å². The number of hydrogen-bond acceptors (Lipinski definition) is 5. The fraction of sp³-hybridized carbons (Fsp3) is 0.611. The first-order valence-electron chi connectivity index (χ1n) is 8.93. The lowest BCUT2D eigenvalue weighted by atomic mass is 9.95. The molecule has 1 saturated heterocycles. The second kappa shape index (κ2) is 7.96. The van der Waals surface area contributed by atoms with Crippen LogP contribution in [0.3, 0.4) is 0 Å². The summed E-state index contributed by atoms with van der Waals surface area (Å²) in [6.07, 6.45) is 6.07. The minimum absolute atomic E-state index is 0.0173. The van der Waals surface area contributed by atoms with E-state index in [1.54, 1.807) is 0 Å². The lowest BCUT2D eigenvalue weighted by Gasteiger charge is -2.24. The first-order valence-corrected chi connectivity index (χ1v) is 8.93. The summed E-state index contributed by atoms with van der Waals surface area (Å²) in [4.78, 5) is 12.4. The van der Waals surface area contributed by atoms with E-state index in [0.29, 0.717) is 19.0 Å². The van der Waals surface area contributed by atoms with Crippen molar-refractivity contribution >= 4 is 5.91 Å². The van der Waals surface area contributed by atoms with Gasteiger partial charge in [-0.1, -0.05) is 31.4 Å². The molecule has 6 N–H and O–H groups in total. The lowest BCUT2D eigenvalue weighted by Crippen LogP contribution is -2.45. The minimum Gasteiger partial charge on any atom is -0.489 e. The summed E-state index contributed by atoms with van der Waals surface area (Å²) in [6, 6.07) is 7.69. The lowest BCUT2D eigenvalue weighted by molar-refractivity contribution is -0.123. The third-order valence-corrected chi connectivity index (χ3v) is 4.90.